The van der Waals surface area contributed by atoms with Crippen LogP contribution in [0.4, 0.5) is 15.8 Å². The molecule has 1 fully saturated rings. The minimum Gasteiger partial charge on any atom is -0.399 e. The molecule has 1 saturated heterocycles. The van der Waals surface area contributed by atoms with E-state index in [0.29, 0.717) is 11.4 Å². The van der Waals surface area contributed by atoms with Crippen molar-refractivity contribution in [3.8, 4) is 0 Å². The van der Waals surface area contributed by atoms with Gasteiger partial charge in [0.15, 0.2) is 0 Å². The van der Waals surface area contributed by atoms with Crippen LogP contribution < -0.4 is 10.6 Å². The molecule has 1 heterocycles. The average molecular weight is 224 g/mol. The van der Waals surface area contributed by atoms with E-state index in [1.807, 2.05) is 0 Å². The summed E-state index contributed by atoms with van der Waals surface area (Å²) in [5.74, 6) is -2.05. The molecule has 4 nitrogen and oxygen atoms in total. The Bertz CT molecular complexity index is 403. The van der Waals surface area contributed by atoms with Crippen LogP contribution in [0.1, 0.15) is 6.92 Å². The second-order valence-corrected chi connectivity index (χ2v) is 3.96. The highest BCUT2D eigenvalue weighted by Crippen LogP contribution is 2.25. The maximum atomic E-state index is 13.6. The van der Waals surface area contributed by atoms with Crippen LogP contribution in [0.15, 0.2) is 24.3 Å². The van der Waals surface area contributed by atoms with Gasteiger partial charge in [-0.1, -0.05) is 0 Å². The summed E-state index contributed by atoms with van der Waals surface area (Å²) in [6.07, 6.45) is 0. The minimum absolute atomic E-state index is 0.101. The van der Waals surface area contributed by atoms with Gasteiger partial charge >= 0.3 is 0 Å². The lowest BCUT2D eigenvalue weighted by Gasteiger charge is -2.34. The molecule has 1 aromatic rings. The van der Waals surface area contributed by atoms with Crippen molar-refractivity contribution in [1.82, 2.24) is 0 Å². The van der Waals surface area contributed by atoms with E-state index < -0.39 is 5.85 Å². The van der Waals surface area contributed by atoms with E-state index in [-0.39, 0.29) is 19.1 Å². The number of morpholine rings is 1. The summed E-state index contributed by atoms with van der Waals surface area (Å²) in [7, 11) is 0. The fraction of sp³-hybridized carbons (Fsp3) is 0.364. The van der Waals surface area contributed by atoms with Crippen molar-refractivity contribution >= 4 is 17.3 Å². The summed E-state index contributed by atoms with van der Waals surface area (Å²) in [5, 5.41) is 0. The maximum absolute atomic E-state index is 13.6. The zero-order valence-electron chi connectivity index (χ0n) is 8.94. The quantitative estimate of drug-likeness (QED) is 0.732. The Hall–Kier alpha value is -1.62. The van der Waals surface area contributed by atoms with Gasteiger partial charge in [-0.05, 0) is 31.2 Å². The van der Waals surface area contributed by atoms with E-state index in [4.69, 9.17) is 10.5 Å². The number of amides is 1. The molecule has 2 rings (SSSR count). The van der Waals surface area contributed by atoms with Crippen LogP contribution >= 0.6 is 0 Å². The number of nitrogens with zero attached hydrogens (tertiary/aromatic N) is 1. The number of ether oxygens (including phenoxy) is 1. The van der Waals surface area contributed by atoms with Crippen LogP contribution in [0.2, 0.25) is 0 Å². The summed E-state index contributed by atoms with van der Waals surface area (Å²) >= 11 is 0. The predicted molar refractivity (Wildman–Crippen MR) is 58.7 cm³/mol. The molecule has 1 unspecified atom stereocenters. The first kappa shape index (κ1) is 10.9. The normalized spacial score (nSPS) is 25.9. The van der Waals surface area contributed by atoms with Gasteiger partial charge in [0.2, 0.25) is 5.85 Å². The van der Waals surface area contributed by atoms with Crippen LogP contribution in [0.3, 0.4) is 0 Å². The highest BCUT2D eigenvalue weighted by molar-refractivity contribution is 5.95. The third-order valence-electron chi connectivity index (χ3n) is 2.44. The van der Waals surface area contributed by atoms with E-state index in [1.165, 1.54) is 11.8 Å². The van der Waals surface area contributed by atoms with E-state index in [1.54, 1.807) is 24.3 Å². The van der Waals surface area contributed by atoms with Crippen molar-refractivity contribution in [2.75, 3.05) is 23.8 Å². The number of halogens is 1. The molecule has 0 saturated carbocycles. The van der Waals surface area contributed by atoms with E-state index in [2.05, 4.69) is 0 Å². The SMILES string of the molecule is CC1(F)CN(c2ccc(N)cc2)C(=O)CO1. The molecule has 1 aromatic carbocycles. The number of benzene rings is 1. The van der Waals surface area contributed by atoms with Crippen LogP contribution in [0.25, 0.3) is 0 Å². The number of hydrogen-bond donors (Lipinski definition) is 1. The topological polar surface area (TPSA) is 55.6 Å². The number of carbonyl (C=O) groups is 1. The number of nitrogen functional groups attached to an aromatic ring is 1. The summed E-state index contributed by atoms with van der Waals surface area (Å²) in [6.45, 7) is 0.969. The molecular weight excluding hydrogens is 211 g/mol. The number of nitrogens with two attached hydrogens (primary N) is 1. The minimum atomic E-state index is -1.80. The molecule has 1 aliphatic rings. The summed E-state index contributed by atoms with van der Waals surface area (Å²) in [4.78, 5) is 12.9. The van der Waals surface area contributed by atoms with Crippen molar-refractivity contribution in [2.24, 2.45) is 0 Å². The van der Waals surface area contributed by atoms with Gasteiger partial charge in [-0.15, -0.1) is 0 Å². The van der Waals surface area contributed by atoms with Crippen LogP contribution in [0, 0.1) is 0 Å². The Kier molecular flexibility index (Phi) is 2.55. The Labute approximate surface area is 92.8 Å². The van der Waals surface area contributed by atoms with Crippen LogP contribution in [-0.4, -0.2) is 24.9 Å². The highest BCUT2D eigenvalue weighted by atomic mass is 19.2. The number of anilines is 2. The van der Waals surface area contributed by atoms with Crippen LogP contribution in [-0.2, 0) is 9.53 Å². The number of carbonyl (C=O) groups excluding carboxylic acids is 1. The zero-order chi connectivity index (χ0) is 11.8. The molecule has 0 spiro atoms. The molecule has 0 aromatic heterocycles. The molecule has 1 aliphatic heterocycles. The number of alkyl halides is 1. The fourth-order valence-electron chi connectivity index (χ4n) is 1.60. The lowest BCUT2D eigenvalue weighted by molar-refractivity contribution is -0.162. The standard InChI is InChI=1S/C11H13FN2O2/c1-11(12)7-14(10(15)6-16-11)9-4-2-8(13)3-5-9/h2-5H,6-7,13H2,1H3. The Morgan fingerprint density at radius 1 is 1.44 bits per heavy atom. The lowest BCUT2D eigenvalue weighted by atomic mass is 10.2. The monoisotopic (exact) mass is 224 g/mol. The van der Waals surface area contributed by atoms with Gasteiger partial charge in [0.05, 0.1) is 6.54 Å². The lowest BCUT2D eigenvalue weighted by Crippen LogP contribution is -2.51. The van der Waals surface area contributed by atoms with Crippen molar-refractivity contribution in [3.05, 3.63) is 24.3 Å². The maximum Gasteiger partial charge on any atom is 0.253 e. The summed E-state index contributed by atoms with van der Waals surface area (Å²) < 4.78 is 18.4. The first-order chi connectivity index (χ1) is 7.48. The first-order valence-corrected chi connectivity index (χ1v) is 4.97. The number of rotatable bonds is 1. The predicted octanol–water partition coefficient (Wildman–Crippen LogP) is 1.32. The Morgan fingerprint density at radius 2 is 2.06 bits per heavy atom. The molecule has 2 N–H and O–H groups in total. The second kappa shape index (κ2) is 3.75. The van der Waals surface area contributed by atoms with E-state index in [0.717, 1.165) is 0 Å². The van der Waals surface area contributed by atoms with Crippen molar-refractivity contribution in [3.63, 3.8) is 0 Å². The molecule has 1 amide bonds. The molecule has 86 valence electrons. The molecule has 16 heavy (non-hydrogen) atoms. The smallest absolute Gasteiger partial charge is 0.253 e. The third-order valence-corrected chi connectivity index (χ3v) is 2.44. The van der Waals surface area contributed by atoms with Crippen LogP contribution in [0.5, 0.6) is 0 Å². The molecule has 5 heteroatoms. The Morgan fingerprint density at radius 3 is 2.69 bits per heavy atom. The third kappa shape index (κ3) is 2.14. The largest absolute Gasteiger partial charge is 0.399 e. The van der Waals surface area contributed by atoms with Gasteiger partial charge in [0.1, 0.15) is 6.61 Å². The average Bonchev–Trinajstić information content (AvgIpc) is 2.23. The summed E-state index contributed by atoms with van der Waals surface area (Å²) in [6, 6.07) is 6.73. The van der Waals surface area contributed by atoms with E-state index in [9.17, 15) is 9.18 Å². The van der Waals surface area contributed by atoms with Gasteiger partial charge in [-0.25, -0.2) is 4.39 Å². The molecular formula is C11H13FN2O2. The van der Waals surface area contributed by atoms with Gasteiger partial charge in [-0.2, -0.15) is 0 Å². The van der Waals surface area contributed by atoms with Crippen molar-refractivity contribution in [1.29, 1.82) is 0 Å². The second-order valence-electron chi connectivity index (χ2n) is 3.96. The van der Waals surface area contributed by atoms with Gasteiger partial charge < -0.3 is 15.4 Å². The molecule has 0 bridgehead atoms. The fourth-order valence-corrected chi connectivity index (χ4v) is 1.60. The van der Waals surface area contributed by atoms with Gasteiger partial charge in [-0.3, -0.25) is 4.79 Å². The highest BCUT2D eigenvalue weighted by Gasteiger charge is 2.36. The molecule has 0 radical (unpaired) electrons. The Balaban J connectivity index is 2.25. The number of hydrogen-bond acceptors (Lipinski definition) is 3. The summed E-state index contributed by atoms with van der Waals surface area (Å²) in [5.41, 5.74) is 6.78. The van der Waals surface area contributed by atoms with Gasteiger partial charge in [0, 0.05) is 11.4 Å². The zero-order valence-corrected chi connectivity index (χ0v) is 8.94. The molecule has 1 atom stereocenters. The molecule has 0 aliphatic carbocycles. The van der Waals surface area contributed by atoms with Crippen molar-refractivity contribution < 1.29 is 13.9 Å². The van der Waals surface area contributed by atoms with Gasteiger partial charge in [0.25, 0.3) is 5.91 Å². The first-order valence-electron chi connectivity index (χ1n) is 4.97. The van der Waals surface area contributed by atoms with Crippen molar-refractivity contribution in [2.45, 2.75) is 12.8 Å². The van der Waals surface area contributed by atoms with E-state index >= 15 is 0 Å².